The van der Waals surface area contributed by atoms with Crippen molar-refractivity contribution in [3.8, 4) is 0 Å². The molecular weight excluding hydrogens is 314 g/mol. The van der Waals surface area contributed by atoms with E-state index < -0.39 is 30.0 Å². The van der Waals surface area contributed by atoms with E-state index in [-0.39, 0.29) is 11.8 Å². The topological polar surface area (TPSA) is 116 Å². The molecule has 136 valence electrons. The maximum Gasteiger partial charge on any atom is 0.326 e. The van der Waals surface area contributed by atoms with Crippen LogP contribution in [0, 0.1) is 0 Å². The van der Waals surface area contributed by atoms with Gasteiger partial charge in [-0.1, -0.05) is 19.8 Å². The first-order chi connectivity index (χ1) is 11.3. The number of rotatable bonds is 8. The number of nitrogens with one attached hydrogen (secondary N) is 2. The van der Waals surface area contributed by atoms with E-state index in [0.717, 1.165) is 6.42 Å². The van der Waals surface area contributed by atoms with Crippen molar-refractivity contribution in [3.63, 3.8) is 0 Å². The molecule has 0 aromatic heterocycles. The van der Waals surface area contributed by atoms with Crippen molar-refractivity contribution in [2.45, 2.75) is 71.0 Å². The first-order valence-corrected chi connectivity index (χ1v) is 8.38. The molecule has 1 heterocycles. The van der Waals surface area contributed by atoms with Crippen LogP contribution in [0.15, 0.2) is 0 Å². The van der Waals surface area contributed by atoms with Gasteiger partial charge < -0.3 is 20.6 Å². The van der Waals surface area contributed by atoms with Crippen LogP contribution in [0.1, 0.15) is 52.9 Å². The van der Waals surface area contributed by atoms with Crippen LogP contribution in [0.3, 0.4) is 0 Å². The number of carboxylic acid groups (broad SMARTS) is 1. The Morgan fingerprint density at radius 2 is 1.92 bits per heavy atom. The number of nitrogens with zero attached hydrogens (tertiary/aromatic N) is 1. The SMILES string of the molecule is CCCC[C@H](NC(=O)[C@@H]1CCCN1C(=O)[C@H](C)NC(C)=O)C(=O)O. The minimum atomic E-state index is -1.07. The molecule has 1 fully saturated rings. The molecule has 3 atom stereocenters. The zero-order valence-electron chi connectivity index (χ0n) is 14.5. The summed E-state index contributed by atoms with van der Waals surface area (Å²) in [4.78, 5) is 48.6. The van der Waals surface area contributed by atoms with Crippen LogP contribution in [0.4, 0.5) is 0 Å². The van der Waals surface area contributed by atoms with Crippen LogP contribution in [-0.2, 0) is 19.2 Å². The Morgan fingerprint density at radius 1 is 1.25 bits per heavy atom. The molecule has 8 heteroatoms. The van der Waals surface area contributed by atoms with Gasteiger partial charge in [0.2, 0.25) is 17.7 Å². The fraction of sp³-hybridized carbons (Fsp3) is 0.750. The molecule has 0 aliphatic carbocycles. The van der Waals surface area contributed by atoms with E-state index in [1.807, 2.05) is 6.92 Å². The lowest BCUT2D eigenvalue weighted by molar-refractivity contribution is -0.144. The molecule has 3 N–H and O–H groups in total. The van der Waals surface area contributed by atoms with Crippen LogP contribution in [0.25, 0.3) is 0 Å². The molecule has 3 amide bonds. The fourth-order valence-corrected chi connectivity index (χ4v) is 2.85. The van der Waals surface area contributed by atoms with Crippen LogP contribution in [0.5, 0.6) is 0 Å². The van der Waals surface area contributed by atoms with Crippen molar-refractivity contribution < 1.29 is 24.3 Å². The quantitative estimate of drug-likeness (QED) is 0.586. The Hall–Kier alpha value is -2.12. The number of aliphatic carboxylic acids is 1. The molecule has 1 aliphatic heterocycles. The monoisotopic (exact) mass is 341 g/mol. The Bertz CT molecular complexity index is 494. The number of carbonyl (C=O) groups excluding carboxylic acids is 3. The Balaban J connectivity index is 2.72. The molecule has 0 unspecified atom stereocenters. The lowest BCUT2D eigenvalue weighted by Gasteiger charge is -2.28. The second kappa shape index (κ2) is 9.24. The molecule has 24 heavy (non-hydrogen) atoms. The summed E-state index contributed by atoms with van der Waals surface area (Å²) >= 11 is 0. The number of carbonyl (C=O) groups is 4. The highest BCUT2D eigenvalue weighted by Gasteiger charge is 2.37. The van der Waals surface area contributed by atoms with E-state index in [0.29, 0.717) is 32.2 Å². The molecular formula is C16H27N3O5. The van der Waals surface area contributed by atoms with Crippen molar-refractivity contribution in [2.75, 3.05) is 6.54 Å². The zero-order valence-corrected chi connectivity index (χ0v) is 14.5. The van der Waals surface area contributed by atoms with Crippen molar-refractivity contribution in [2.24, 2.45) is 0 Å². The van der Waals surface area contributed by atoms with Gasteiger partial charge in [0, 0.05) is 13.5 Å². The second-order valence-corrected chi connectivity index (χ2v) is 6.15. The van der Waals surface area contributed by atoms with Crippen molar-refractivity contribution >= 4 is 23.7 Å². The molecule has 0 spiro atoms. The molecule has 1 saturated heterocycles. The van der Waals surface area contributed by atoms with Crippen molar-refractivity contribution in [1.29, 1.82) is 0 Å². The minimum absolute atomic E-state index is 0.318. The molecule has 0 saturated carbocycles. The maximum absolute atomic E-state index is 12.4. The zero-order chi connectivity index (χ0) is 18.3. The predicted octanol–water partition coefficient (Wildman–Crippen LogP) is 0.262. The molecule has 8 nitrogen and oxygen atoms in total. The van der Waals surface area contributed by atoms with Gasteiger partial charge in [-0.3, -0.25) is 14.4 Å². The summed E-state index contributed by atoms with van der Waals surface area (Å²) in [5.41, 5.74) is 0. The number of unbranched alkanes of at least 4 members (excludes halogenated alkanes) is 1. The average molecular weight is 341 g/mol. The fourth-order valence-electron chi connectivity index (χ4n) is 2.85. The van der Waals surface area contributed by atoms with Crippen molar-refractivity contribution in [1.82, 2.24) is 15.5 Å². The number of carboxylic acids is 1. The van der Waals surface area contributed by atoms with E-state index in [1.165, 1.54) is 11.8 Å². The third-order valence-corrected chi connectivity index (χ3v) is 4.09. The van der Waals surface area contributed by atoms with Crippen LogP contribution >= 0.6 is 0 Å². The van der Waals surface area contributed by atoms with E-state index in [4.69, 9.17) is 0 Å². The van der Waals surface area contributed by atoms with Gasteiger partial charge in [0.25, 0.3) is 0 Å². The first kappa shape index (κ1) is 19.9. The van der Waals surface area contributed by atoms with Gasteiger partial charge in [0.15, 0.2) is 0 Å². The van der Waals surface area contributed by atoms with Gasteiger partial charge >= 0.3 is 5.97 Å². The van der Waals surface area contributed by atoms with Crippen LogP contribution < -0.4 is 10.6 Å². The molecule has 1 rings (SSSR count). The molecule has 0 bridgehead atoms. The van der Waals surface area contributed by atoms with Gasteiger partial charge in [0.05, 0.1) is 0 Å². The lowest BCUT2D eigenvalue weighted by Crippen LogP contribution is -2.54. The Labute approximate surface area is 142 Å². The highest BCUT2D eigenvalue weighted by atomic mass is 16.4. The highest BCUT2D eigenvalue weighted by Crippen LogP contribution is 2.19. The third kappa shape index (κ3) is 5.50. The second-order valence-electron chi connectivity index (χ2n) is 6.15. The summed E-state index contributed by atoms with van der Waals surface area (Å²) in [6.07, 6.45) is 3.06. The largest absolute Gasteiger partial charge is 0.480 e. The van der Waals surface area contributed by atoms with Crippen LogP contribution in [-0.4, -0.2) is 58.4 Å². The number of amides is 3. The molecule has 0 aromatic carbocycles. The summed E-state index contributed by atoms with van der Waals surface area (Å²) in [5, 5.41) is 14.3. The average Bonchev–Trinajstić information content (AvgIpc) is 2.98. The Kier molecular flexibility index (Phi) is 7.67. The van der Waals surface area contributed by atoms with E-state index >= 15 is 0 Å². The minimum Gasteiger partial charge on any atom is -0.480 e. The smallest absolute Gasteiger partial charge is 0.326 e. The standard InChI is InChI=1S/C16H27N3O5/c1-4-5-7-12(16(23)24)18-14(21)13-8-6-9-19(13)15(22)10(2)17-11(3)20/h10,12-13H,4-9H2,1-3H3,(H,17,20)(H,18,21)(H,23,24)/t10-,12-,13-/m0/s1. The summed E-state index contributed by atoms with van der Waals surface area (Å²) in [5.74, 6) is -2.16. The van der Waals surface area contributed by atoms with E-state index in [9.17, 15) is 24.3 Å². The Morgan fingerprint density at radius 3 is 2.46 bits per heavy atom. The molecule has 0 radical (unpaired) electrons. The summed E-state index contributed by atoms with van der Waals surface area (Å²) in [6, 6.07) is -2.34. The summed E-state index contributed by atoms with van der Waals surface area (Å²) in [6.45, 7) is 5.26. The number of likely N-dealkylation sites (tertiary alicyclic amines) is 1. The summed E-state index contributed by atoms with van der Waals surface area (Å²) < 4.78 is 0. The van der Waals surface area contributed by atoms with Gasteiger partial charge in [-0.25, -0.2) is 4.79 Å². The molecule has 0 aromatic rings. The third-order valence-electron chi connectivity index (χ3n) is 4.09. The normalized spacial score (nSPS) is 19.5. The summed E-state index contributed by atoms with van der Waals surface area (Å²) in [7, 11) is 0. The van der Waals surface area contributed by atoms with Crippen LogP contribution in [0.2, 0.25) is 0 Å². The highest BCUT2D eigenvalue weighted by molar-refractivity contribution is 5.93. The number of hydrogen-bond donors (Lipinski definition) is 3. The van der Waals surface area contributed by atoms with Crippen molar-refractivity contribution in [3.05, 3.63) is 0 Å². The van der Waals surface area contributed by atoms with Gasteiger partial charge in [-0.2, -0.15) is 0 Å². The molecule has 1 aliphatic rings. The van der Waals surface area contributed by atoms with E-state index in [1.54, 1.807) is 6.92 Å². The van der Waals surface area contributed by atoms with Gasteiger partial charge in [-0.15, -0.1) is 0 Å². The first-order valence-electron chi connectivity index (χ1n) is 8.38. The van der Waals surface area contributed by atoms with Gasteiger partial charge in [0.1, 0.15) is 18.1 Å². The van der Waals surface area contributed by atoms with Gasteiger partial charge in [-0.05, 0) is 26.2 Å². The van der Waals surface area contributed by atoms with E-state index in [2.05, 4.69) is 10.6 Å². The number of hydrogen-bond acceptors (Lipinski definition) is 4. The maximum atomic E-state index is 12.4. The predicted molar refractivity (Wildman–Crippen MR) is 87.1 cm³/mol. The lowest BCUT2D eigenvalue weighted by atomic mass is 10.1.